The Kier molecular flexibility index (Phi) is 3.30. The van der Waals surface area contributed by atoms with E-state index in [1.165, 1.54) is 0 Å². The third-order valence-corrected chi connectivity index (χ3v) is 8.26. The van der Waals surface area contributed by atoms with E-state index in [1.807, 2.05) is 30.3 Å². The minimum absolute atomic E-state index is 0.0182. The molecular formula is C46H30. The van der Waals surface area contributed by atoms with Crippen LogP contribution in [0, 0.1) is 0 Å². The van der Waals surface area contributed by atoms with E-state index in [2.05, 4.69) is 0 Å². The predicted octanol–water partition coefficient (Wildman–Crippen LogP) is 13.0. The van der Waals surface area contributed by atoms with Crippen LogP contribution in [0.2, 0.25) is 0 Å². The van der Waals surface area contributed by atoms with Gasteiger partial charge in [-0.05, 0) is 99.7 Å². The van der Waals surface area contributed by atoms with Crippen LogP contribution in [0.25, 0.3) is 87.6 Å². The van der Waals surface area contributed by atoms with Crippen LogP contribution in [0.4, 0.5) is 0 Å². The average molecular weight is 601 g/mol. The van der Waals surface area contributed by atoms with Crippen molar-refractivity contribution in [2.24, 2.45) is 0 Å². The van der Waals surface area contributed by atoms with Crippen molar-refractivity contribution in [1.82, 2.24) is 0 Å². The van der Waals surface area contributed by atoms with Crippen molar-refractivity contribution in [3.05, 3.63) is 182 Å². The number of hydrogen-bond acceptors (Lipinski definition) is 0. The molecule has 214 valence electrons. The second-order valence-corrected chi connectivity index (χ2v) is 10.7. The van der Waals surface area contributed by atoms with Gasteiger partial charge in [0.15, 0.2) is 0 Å². The van der Waals surface area contributed by atoms with Crippen molar-refractivity contribution in [3.63, 3.8) is 0 Å². The molecule has 0 bridgehead atoms. The van der Waals surface area contributed by atoms with Gasteiger partial charge in [-0.25, -0.2) is 0 Å². The van der Waals surface area contributed by atoms with E-state index >= 15 is 0 Å². The maximum atomic E-state index is 9.36. The van der Waals surface area contributed by atoms with Gasteiger partial charge in [-0.3, -0.25) is 0 Å². The first-order valence-electron chi connectivity index (χ1n) is 23.5. The molecule has 0 aromatic heterocycles. The molecule has 0 amide bonds. The third kappa shape index (κ3) is 4.30. The Hall–Kier alpha value is -5.98. The Morgan fingerprint density at radius 3 is 1.41 bits per heavy atom. The smallest absolute Gasteiger partial charge is 0.0622 e. The van der Waals surface area contributed by atoms with Gasteiger partial charge >= 0.3 is 0 Å². The number of benzene rings is 9. The van der Waals surface area contributed by atoms with E-state index in [1.54, 1.807) is 42.5 Å². The summed E-state index contributed by atoms with van der Waals surface area (Å²) in [4.78, 5) is 0. The van der Waals surface area contributed by atoms with Crippen LogP contribution < -0.4 is 0 Å². The minimum Gasteiger partial charge on any atom is -0.0622 e. The van der Waals surface area contributed by atoms with Crippen LogP contribution >= 0.6 is 0 Å². The van der Waals surface area contributed by atoms with Gasteiger partial charge in [0.25, 0.3) is 0 Å². The molecule has 0 spiro atoms. The second kappa shape index (κ2) is 10.9. The summed E-state index contributed by atoms with van der Waals surface area (Å²) < 4.78 is 157. The summed E-state index contributed by atoms with van der Waals surface area (Å²) in [7, 11) is 0. The van der Waals surface area contributed by atoms with Crippen molar-refractivity contribution in [1.29, 1.82) is 0 Å². The molecule has 0 aliphatic heterocycles. The van der Waals surface area contributed by atoms with E-state index in [9.17, 15) is 5.48 Å². The van der Waals surface area contributed by atoms with Crippen LogP contribution in [0.1, 0.15) is 24.7 Å². The Morgan fingerprint density at radius 1 is 0.304 bits per heavy atom. The predicted molar refractivity (Wildman–Crippen MR) is 198 cm³/mol. The second-order valence-electron chi connectivity index (χ2n) is 10.7. The number of rotatable bonds is 4. The van der Waals surface area contributed by atoms with Crippen LogP contribution in [0.5, 0.6) is 0 Å². The van der Waals surface area contributed by atoms with E-state index in [0.717, 1.165) is 5.39 Å². The summed E-state index contributed by atoms with van der Waals surface area (Å²) in [6.45, 7) is 0. The molecule has 0 heteroatoms. The molecule has 0 heterocycles. The normalized spacial score (nSPS) is 17.0. The van der Waals surface area contributed by atoms with Crippen molar-refractivity contribution in [3.8, 4) is 44.5 Å². The first-order chi connectivity index (χ1) is 30.3. The molecule has 0 unspecified atom stereocenters. The molecular weight excluding hydrogens is 553 g/mol. The van der Waals surface area contributed by atoms with Crippen molar-refractivity contribution in [2.45, 2.75) is 0 Å². The summed E-state index contributed by atoms with van der Waals surface area (Å²) in [5, 5.41) is 1.70. The molecule has 0 saturated heterocycles. The van der Waals surface area contributed by atoms with Gasteiger partial charge in [0, 0.05) is 0 Å². The number of hydrogen-bond donors (Lipinski definition) is 0. The van der Waals surface area contributed by atoms with E-state index in [0.29, 0.717) is 38.4 Å². The van der Waals surface area contributed by atoms with E-state index in [4.69, 9.17) is 19.2 Å². The highest BCUT2D eigenvalue weighted by Gasteiger charge is 2.18. The topological polar surface area (TPSA) is 0 Å². The molecule has 0 aliphatic rings. The van der Waals surface area contributed by atoms with Crippen molar-refractivity contribution >= 4 is 43.1 Å². The van der Waals surface area contributed by atoms with Crippen molar-refractivity contribution in [2.75, 3.05) is 0 Å². The van der Waals surface area contributed by atoms with E-state index in [-0.39, 0.29) is 50.3 Å². The summed E-state index contributed by atoms with van der Waals surface area (Å²) in [5.41, 5.74) is 1.37. The highest BCUT2D eigenvalue weighted by atomic mass is 14.2. The van der Waals surface area contributed by atoms with Gasteiger partial charge in [0.2, 0.25) is 0 Å². The Labute approximate surface area is 294 Å². The Morgan fingerprint density at radius 2 is 0.783 bits per heavy atom. The first-order valence-corrected chi connectivity index (χ1v) is 14.5. The molecule has 9 rings (SSSR count). The molecule has 0 aliphatic carbocycles. The fourth-order valence-corrected chi connectivity index (χ4v) is 6.26. The molecule has 0 fully saturated rings. The van der Waals surface area contributed by atoms with E-state index < -0.39 is 102 Å². The molecule has 0 saturated carbocycles. The zero-order valence-electron chi connectivity index (χ0n) is 41.9. The minimum atomic E-state index is -0.747. The van der Waals surface area contributed by atoms with Crippen LogP contribution in [-0.4, -0.2) is 0 Å². The lowest BCUT2D eigenvalue weighted by atomic mass is 9.84. The Balaban J connectivity index is 1.40. The fraction of sp³-hybridized carbons (Fsp3) is 0. The highest BCUT2D eigenvalue weighted by molar-refractivity contribution is 6.24. The maximum absolute atomic E-state index is 9.36. The molecule has 9 aromatic rings. The van der Waals surface area contributed by atoms with Gasteiger partial charge < -0.3 is 0 Å². The average Bonchev–Trinajstić information content (AvgIpc) is 3.30. The standard InChI is InChI=1S/C46H30/c1-3-13-31(14-4-1)34-27-25-32-26-28-35(30-36(32)29-34)37-21-11-23-39-38(37)22-12-24-40(39)46-43-19-9-7-17-41(43)45(33-15-5-2-6-16-33)42-18-8-10-20-44(42)46/h1-30H/i1D,2D,3D,4D,5D,6D,7D,8D,9D,10D,13D,14D,15D,16D,17D,18D,19D,20D. The monoisotopic (exact) mass is 600 g/mol. The molecule has 46 heavy (non-hydrogen) atoms. The zero-order valence-corrected chi connectivity index (χ0v) is 23.9. The molecule has 0 radical (unpaired) electrons. The van der Waals surface area contributed by atoms with Crippen molar-refractivity contribution < 1.29 is 24.7 Å². The van der Waals surface area contributed by atoms with Crippen LogP contribution in [0.3, 0.4) is 0 Å². The van der Waals surface area contributed by atoms with Gasteiger partial charge in [-0.1, -0.05) is 169 Å². The summed E-state index contributed by atoms with van der Waals surface area (Å²) in [5.74, 6) is 0. The SMILES string of the molecule is [2H]c1c([2H])c([2H])c(-c2ccc3ccc(-c4cccc5c(-c6c7c([2H])c([2H])c([2H])c([2H])c7c(-c7c([2H])c([2H])c([2H])c([2H])c7[2H])c7c([2H])c([2H])c([2H])c([2H])c67)cccc45)cc3c2)c([2H])c1[2H]. The summed E-state index contributed by atoms with van der Waals surface area (Å²) >= 11 is 0. The van der Waals surface area contributed by atoms with Gasteiger partial charge in [-0.15, -0.1) is 0 Å². The van der Waals surface area contributed by atoms with Crippen LogP contribution in [-0.2, 0) is 0 Å². The molecule has 0 N–H and O–H groups in total. The van der Waals surface area contributed by atoms with Gasteiger partial charge in [-0.2, -0.15) is 0 Å². The quantitative estimate of drug-likeness (QED) is 0.176. The highest BCUT2D eigenvalue weighted by Crippen LogP contribution is 2.46. The zero-order chi connectivity index (χ0) is 46.1. The Bertz CT molecular complexity index is 3460. The molecule has 9 aromatic carbocycles. The lowest BCUT2D eigenvalue weighted by Crippen LogP contribution is -1.92. The van der Waals surface area contributed by atoms with Gasteiger partial charge in [0.05, 0.1) is 24.7 Å². The maximum Gasteiger partial charge on any atom is 0.0629 e. The lowest BCUT2D eigenvalue weighted by Gasteiger charge is -2.19. The summed E-state index contributed by atoms with van der Waals surface area (Å²) in [6.07, 6.45) is 0. The largest absolute Gasteiger partial charge is 0.0629 e. The first kappa shape index (κ1) is 14.0. The fourth-order valence-electron chi connectivity index (χ4n) is 6.26. The lowest BCUT2D eigenvalue weighted by molar-refractivity contribution is 1.63. The molecule has 0 atom stereocenters. The number of fused-ring (bicyclic) bond motifs is 4. The van der Waals surface area contributed by atoms with Crippen LogP contribution in [0.15, 0.2) is 182 Å². The third-order valence-electron chi connectivity index (χ3n) is 8.26. The van der Waals surface area contributed by atoms with Gasteiger partial charge in [0.1, 0.15) is 0 Å². The summed E-state index contributed by atoms with van der Waals surface area (Å²) in [6, 6.07) is 10.6. The molecule has 0 nitrogen and oxygen atoms in total.